The molecular weight excluding hydrogens is 244 g/mol. The smallest absolute Gasteiger partial charge is 0.322 e. The number of carbonyl (C=O) groups is 2. The molecule has 0 aromatic carbocycles. The molecule has 3 N–H and O–H groups in total. The summed E-state index contributed by atoms with van der Waals surface area (Å²) in [6.45, 7) is -0.810. The summed E-state index contributed by atoms with van der Waals surface area (Å²) < 4.78 is 0. The van der Waals surface area contributed by atoms with Gasteiger partial charge in [0.1, 0.15) is 6.54 Å². The number of carboxylic acid groups (broad SMARTS) is 1. The van der Waals surface area contributed by atoms with Gasteiger partial charge in [0.05, 0.1) is 11.5 Å². The van der Waals surface area contributed by atoms with Gasteiger partial charge in [-0.2, -0.15) is 0 Å². The van der Waals surface area contributed by atoms with Crippen LogP contribution in [0.4, 0.5) is 11.5 Å². The van der Waals surface area contributed by atoms with Gasteiger partial charge >= 0.3 is 11.7 Å². The lowest BCUT2D eigenvalue weighted by Crippen LogP contribution is -2.34. The van der Waals surface area contributed by atoms with Crippen LogP contribution in [0.1, 0.15) is 0 Å². The van der Waals surface area contributed by atoms with E-state index >= 15 is 0 Å². The molecule has 1 aromatic heterocycles. The van der Waals surface area contributed by atoms with E-state index in [1.807, 2.05) is 0 Å². The molecule has 0 aliphatic heterocycles. The number of anilines is 1. The van der Waals surface area contributed by atoms with Crippen molar-refractivity contribution < 1.29 is 19.6 Å². The highest BCUT2D eigenvalue weighted by Crippen LogP contribution is 2.19. The Labute approximate surface area is 101 Å². The Morgan fingerprint density at radius 2 is 2.17 bits per heavy atom. The van der Waals surface area contributed by atoms with Crippen molar-refractivity contribution in [1.82, 2.24) is 10.3 Å². The van der Waals surface area contributed by atoms with Crippen LogP contribution in [0.2, 0.25) is 0 Å². The molecule has 1 aromatic rings. The number of pyridine rings is 1. The maximum atomic E-state index is 11.2. The van der Waals surface area contributed by atoms with Crippen molar-refractivity contribution in [1.29, 1.82) is 0 Å². The van der Waals surface area contributed by atoms with E-state index < -0.39 is 23.3 Å². The second-order valence-electron chi connectivity index (χ2n) is 3.15. The second kappa shape index (κ2) is 6.13. The molecule has 1 amide bonds. The Morgan fingerprint density at radius 3 is 2.78 bits per heavy atom. The fraction of sp³-hybridized carbons (Fsp3) is 0.222. The molecule has 1 rings (SSSR count). The van der Waals surface area contributed by atoms with E-state index in [1.165, 1.54) is 18.3 Å². The Bertz CT molecular complexity index is 476. The summed E-state index contributed by atoms with van der Waals surface area (Å²) >= 11 is 0. The van der Waals surface area contributed by atoms with Crippen LogP contribution >= 0.6 is 0 Å². The minimum atomic E-state index is -1.17. The zero-order valence-electron chi connectivity index (χ0n) is 9.12. The van der Waals surface area contributed by atoms with Crippen molar-refractivity contribution in [2.24, 2.45) is 0 Å². The predicted molar refractivity (Wildman–Crippen MR) is 60.0 cm³/mol. The SMILES string of the molecule is O=C(O)CNC(=O)CNc1ncccc1[N+](=O)[O-]. The lowest BCUT2D eigenvalue weighted by Gasteiger charge is -2.05. The van der Waals surface area contributed by atoms with Gasteiger partial charge in [0.2, 0.25) is 11.7 Å². The molecule has 0 radical (unpaired) electrons. The highest BCUT2D eigenvalue weighted by Gasteiger charge is 2.14. The van der Waals surface area contributed by atoms with Crippen molar-refractivity contribution in [3.63, 3.8) is 0 Å². The van der Waals surface area contributed by atoms with E-state index in [2.05, 4.69) is 15.6 Å². The average molecular weight is 254 g/mol. The van der Waals surface area contributed by atoms with Crippen LogP contribution in [0.15, 0.2) is 18.3 Å². The van der Waals surface area contributed by atoms with Gasteiger partial charge < -0.3 is 15.7 Å². The van der Waals surface area contributed by atoms with Gasteiger partial charge in [-0.3, -0.25) is 19.7 Å². The minimum Gasteiger partial charge on any atom is -0.480 e. The van der Waals surface area contributed by atoms with Gasteiger partial charge in [-0.1, -0.05) is 0 Å². The van der Waals surface area contributed by atoms with Gasteiger partial charge in [-0.25, -0.2) is 4.98 Å². The van der Waals surface area contributed by atoms with Crippen molar-refractivity contribution in [3.05, 3.63) is 28.4 Å². The summed E-state index contributed by atoms with van der Waals surface area (Å²) in [6, 6.07) is 2.64. The van der Waals surface area contributed by atoms with E-state index in [-0.39, 0.29) is 18.1 Å². The maximum absolute atomic E-state index is 11.2. The number of aromatic nitrogens is 1. The standard InChI is InChI=1S/C9H10N4O5/c14-7(11-5-8(15)16)4-12-9-6(13(17)18)2-1-3-10-9/h1-3H,4-5H2,(H,10,12)(H,11,14)(H,15,16). The Morgan fingerprint density at radius 1 is 1.44 bits per heavy atom. The maximum Gasteiger partial charge on any atom is 0.322 e. The van der Waals surface area contributed by atoms with E-state index in [0.29, 0.717) is 0 Å². The molecule has 9 nitrogen and oxygen atoms in total. The summed E-state index contributed by atoms with van der Waals surface area (Å²) in [4.78, 5) is 35.1. The zero-order valence-corrected chi connectivity index (χ0v) is 9.12. The molecule has 96 valence electrons. The first kappa shape index (κ1) is 13.4. The monoisotopic (exact) mass is 254 g/mol. The third kappa shape index (κ3) is 4.04. The minimum absolute atomic E-state index is 0.0482. The number of amides is 1. The highest BCUT2D eigenvalue weighted by molar-refractivity contribution is 5.84. The lowest BCUT2D eigenvalue weighted by atomic mass is 10.4. The molecule has 0 spiro atoms. The molecule has 1 heterocycles. The topological polar surface area (TPSA) is 134 Å². The number of nitrogens with zero attached hydrogens (tertiary/aromatic N) is 2. The van der Waals surface area contributed by atoms with Crippen molar-refractivity contribution in [2.75, 3.05) is 18.4 Å². The number of carbonyl (C=O) groups excluding carboxylic acids is 1. The van der Waals surface area contributed by atoms with Crippen LogP contribution in [0.25, 0.3) is 0 Å². The van der Waals surface area contributed by atoms with Crippen molar-refractivity contribution in [2.45, 2.75) is 0 Å². The number of carboxylic acids is 1. The van der Waals surface area contributed by atoms with Crippen LogP contribution in [0.3, 0.4) is 0 Å². The van der Waals surface area contributed by atoms with Crippen LogP contribution in [0, 0.1) is 10.1 Å². The van der Waals surface area contributed by atoms with Crippen molar-refractivity contribution >= 4 is 23.4 Å². The molecule has 0 fully saturated rings. The van der Waals surface area contributed by atoms with E-state index in [0.717, 1.165) is 0 Å². The summed E-state index contributed by atoms with van der Waals surface area (Å²) in [5, 5.41) is 23.5. The lowest BCUT2D eigenvalue weighted by molar-refractivity contribution is -0.384. The van der Waals surface area contributed by atoms with E-state index in [9.17, 15) is 19.7 Å². The first-order valence-corrected chi connectivity index (χ1v) is 4.82. The Balaban J connectivity index is 2.56. The first-order chi connectivity index (χ1) is 8.50. The molecule has 0 bridgehead atoms. The van der Waals surface area contributed by atoms with Crippen molar-refractivity contribution in [3.8, 4) is 0 Å². The summed E-state index contributed by atoms with van der Waals surface area (Å²) in [7, 11) is 0. The van der Waals surface area contributed by atoms with Gasteiger partial charge in [-0.05, 0) is 6.07 Å². The first-order valence-electron chi connectivity index (χ1n) is 4.82. The largest absolute Gasteiger partial charge is 0.480 e. The number of rotatable bonds is 6. The van der Waals surface area contributed by atoms with Gasteiger partial charge in [0.15, 0.2) is 0 Å². The van der Waals surface area contributed by atoms with Crippen LogP contribution in [-0.2, 0) is 9.59 Å². The Kier molecular flexibility index (Phi) is 4.55. The average Bonchev–Trinajstić information content (AvgIpc) is 2.34. The van der Waals surface area contributed by atoms with Crippen LogP contribution in [0.5, 0.6) is 0 Å². The molecule has 0 aliphatic rings. The number of aliphatic carboxylic acids is 1. The molecule has 0 atom stereocenters. The molecule has 0 unspecified atom stereocenters. The molecular formula is C9H10N4O5. The zero-order chi connectivity index (χ0) is 13.5. The van der Waals surface area contributed by atoms with Gasteiger partial charge in [0, 0.05) is 12.3 Å². The molecule has 0 aliphatic carbocycles. The quantitative estimate of drug-likeness (QED) is 0.464. The van der Waals surface area contributed by atoms with Crippen LogP contribution < -0.4 is 10.6 Å². The Hall–Kier alpha value is -2.71. The summed E-state index contributed by atoms with van der Waals surface area (Å²) in [5.74, 6) is -1.82. The normalized spacial score (nSPS) is 9.56. The fourth-order valence-corrected chi connectivity index (χ4v) is 1.08. The molecule has 0 saturated carbocycles. The third-order valence-corrected chi connectivity index (χ3v) is 1.84. The molecule has 9 heteroatoms. The van der Waals surface area contributed by atoms with Crippen LogP contribution in [-0.4, -0.2) is 40.0 Å². The number of nitro groups is 1. The number of hydrogen-bond acceptors (Lipinski definition) is 6. The number of hydrogen-bond donors (Lipinski definition) is 3. The van der Waals surface area contributed by atoms with E-state index in [4.69, 9.17) is 5.11 Å². The summed E-state index contributed by atoms with van der Waals surface area (Å²) in [6.07, 6.45) is 1.34. The van der Waals surface area contributed by atoms with Gasteiger partial charge in [0.25, 0.3) is 0 Å². The van der Waals surface area contributed by atoms with E-state index in [1.54, 1.807) is 0 Å². The fourth-order valence-electron chi connectivity index (χ4n) is 1.08. The predicted octanol–water partition coefficient (Wildman–Crippen LogP) is -0.397. The molecule has 18 heavy (non-hydrogen) atoms. The highest BCUT2D eigenvalue weighted by atomic mass is 16.6. The second-order valence-corrected chi connectivity index (χ2v) is 3.15. The summed E-state index contributed by atoms with van der Waals surface area (Å²) in [5.41, 5.74) is -0.261. The number of nitrogens with one attached hydrogen (secondary N) is 2. The molecule has 0 saturated heterocycles. The third-order valence-electron chi connectivity index (χ3n) is 1.84. The van der Waals surface area contributed by atoms with Gasteiger partial charge in [-0.15, -0.1) is 0 Å².